The summed E-state index contributed by atoms with van der Waals surface area (Å²) in [5, 5.41) is 0. The summed E-state index contributed by atoms with van der Waals surface area (Å²) in [5.74, 6) is -0.697. The maximum Gasteiger partial charge on any atom is 0.245 e. The summed E-state index contributed by atoms with van der Waals surface area (Å²) in [5.41, 5.74) is 0.0322. The maximum absolute atomic E-state index is 13.8. The van der Waals surface area contributed by atoms with Gasteiger partial charge in [0.15, 0.2) is 0 Å². The highest BCUT2D eigenvalue weighted by molar-refractivity contribution is 7.89. The Morgan fingerprint density at radius 2 is 2.04 bits per heavy atom. The summed E-state index contributed by atoms with van der Waals surface area (Å²) in [6.45, 7) is 2.02. The van der Waals surface area contributed by atoms with Crippen LogP contribution in [0.4, 0.5) is 4.39 Å². The van der Waals surface area contributed by atoms with E-state index < -0.39 is 15.8 Å². The second-order valence-corrected chi connectivity index (χ2v) is 8.33. The van der Waals surface area contributed by atoms with Crippen LogP contribution in [0.25, 0.3) is 0 Å². The Kier molecular flexibility index (Phi) is 4.73. The molecule has 7 heteroatoms. The van der Waals surface area contributed by atoms with E-state index in [0.717, 1.165) is 19.3 Å². The molecule has 2 aliphatic rings. The summed E-state index contributed by atoms with van der Waals surface area (Å²) in [6, 6.07) is 5.54. The zero-order chi connectivity index (χ0) is 16.5. The quantitative estimate of drug-likeness (QED) is 0.839. The van der Waals surface area contributed by atoms with E-state index >= 15 is 0 Å². The van der Waals surface area contributed by atoms with Crippen LogP contribution in [0.3, 0.4) is 0 Å². The Labute approximate surface area is 136 Å². The van der Waals surface area contributed by atoms with Gasteiger partial charge in [-0.05, 0) is 36.8 Å². The Morgan fingerprint density at radius 3 is 2.70 bits per heavy atom. The molecule has 0 saturated carbocycles. The zero-order valence-corrected chi connectivity index (χ0v) is 14.0. The summed E-state index contributed by atoms with van der Waals surface area (Å²) in [6.07, 6.45) is 2.46. The Balaban J connectivity index is 1.69. The lowest BCUT2D eigenvalue weighted by Crippen LogP contribution is -2.43. The van der Waals surface area contributed by atoms with E-state index in [2.05, 4.69) is 0 Å². The van der Waals surface area contributed by atoms with Crippen LogP contribution in [-0.2, 0) is 19.5 Å². The van der Waals surface area contributed by atoms with Crippen LogP contribution in [0, 0.1) is 11.2 Å². The van der Waals surface area contributed by atoms with Gasteiger partial charge in [-0.3, -0.25) is 0 Å². The lowest BCUT2D eigenvalue weighted by atomic mass is 9.77. The van der Waals surface area contributed by atoms with Crippen molar-refractivity contribution in [3.05, 3.63) is 30.1 Å². The van der Waals surface area contributed by atoms with Crippen molar-refractivity contribution in [2.75, 3.05) is 33.4 Å². The van der Waals surface area contributed by atoms with Gasteiger partial charge in [0.05, 0.1) is 19.3 Å². The molecule has 2 aliphatic heterocycles. The molecule has 0 aromatic heterocycles. The molecular weight excluding hydrogens is 321 g/mol. The molecule has 0 bridgehead atoms. The molecule has 1 spiro atoms. The number of halogens is 1. The van der Waals surface area contributed by atoms with Crippen molar-refractivity contribution in [2.45, 2.75) is 30.3 Å². The molecule has 2 heterocycles. The Morgan fingerprint density at radius 1 is 1.35 bits per heavy atom. The molecule has 2 fully saturated rings. The van der Waals surface area contributed by atoms with E-state index in [4.69, 9.17) is 9.47 Å². The Bertz CT molecular complexity index is 656. The first-order valence-electron chi connectivity index (χ1n) is 7.82. The topological polar surface area (TPSA) is 55.8 Å². The molecule has 0 unspecified atom stereocenters. The van der Waals surface area contributed by atoms with Crippen LogP contribution in [0.15, 0.2) is 29.2 Å². The van der Waals surface area contributed by atoms with Crippen molar-refractivity contribution in [3.63, 3.8) is 0 Å². The van der Waals surface area contributed by atoms with Crippen LogP contribution >= 0.6 is 0 Å². The first-order valence-corrected chi connectivity index (χ1v) is 9.26. The zero-order valence-electron chi connectivity index (χ0n) is 13.2. The minimum absolute atomic E-state index is 0.0322. The molecule has 2 saturated heterocycles. The van der Waals surface area contributed by atoms with E-state index in [9.17, 15) is 12.8 Å². The largest absolute Gasteiger partial charge is 0.382 e. The van der Waals surface area contributed by atoms with Crippen molar-refractivity contribution >= 4 is 10.0 Å². The third-order valence-electron chi connectivity index (χ3n) is 4.88. The van der Waals surface area contributed by atoms with Gasteiger partial charge in [-0.1, -0.05) is 12.1 Å². The minimum atomic E-state index is -3.77. The van der Waals surface area contributed by atoms with Gasteiger partial charge in [0, 0.05) is 20.2 Å². The average molecular weight is 343 g/mol. The molecule has 0 amide bonds. The summed E-state index contributed by atoms with van der Waals surface area (Å²) >= 11 is 0. The molecule has 1 aromatic carbocycles. The SMILES string of the molecule is COC[C@H]1CC2(CCN(S(=O)(=O)c3ccccc3F)CC2)CO1. The van der Waals surface area contributed by atoms with Crippen molar-refractivity contribution in [3.8, 4) is 0 Å². The summed E-state index contributed by atoms with van der Waals surface area (Å²) < 4.78 is 51.3. The van der Waals surface area contributed by atoms with Crippen molar-refractivity contribution < 1.29 is 22.3 Å². The van der Waals surface area contributed by atoms with Gasteiger partial charge in [0.1, 0.15) is 10.7 Å². The molecular formula is C16H22FNO4S. The van der Waals surface area contributed by atoms with Gasteiger partial charge in [-0.2, -0.15) is 4.31 Å². The first kappa shape index (κ1) is 16.8. The van der Waals surface area contributed by atoms with Gasteiger partial charge < -0.3 is 9.47 Å². The number of sulfonamides is 1. The van der Waals surface area contributed by atoms with E-state index in [-0.39, 0.29) is 16.4 Å². The van der Waals surface area contributed by atoms with Crippen molar-refractivity contribution in [1.29, 1.82) is 0 Å². The smallest absolute Gasteiger partial charge is 0.245 e. The number of nitrogens with zero attached hydrogens (tertiary/aromatic N) is 1. The second kappa shape index (κ2) is 6.47. The molecule has 0 aliphatic carbocycles. The fourth-order valence-electron chi connectivity index (χ4n) is 3.53. The number of ether oxygens (including phenoxy) is 2. The molecule has 128 valence electrons. The van der Waals surface area contributed by atoms with Crippen molar-refractivity contribution in [2.24, 2.45) is 5.41 Å². The normalized spacial score (nSPS) is 25.0. The van der Waals surface area contributed by atoms with Gasteiger partial charge in [-0.15, -0.1) is 0 Å². The lowest BCUT2D eigenvalue weighted by molar-refractivity contribution is 0.0312. The monoisotopic (exact) mass is 343 g/mol. The van der Waals surface area contributed by atoms with Crippen LogP contribution < -0.4 is 0 Å². The maximum atomic E-state index is 13.8. The fourth-order valence-corrected chi connectivity index (χ4v) is 5.04. The highest BCUT2D eigenvalue weighted by Gasteiger charge is 2.44. The van der Waals surface area contributed by atoms with E-state index in [1.165, 1.54) is 22.5 Å². The lowest BCUT2D eigenvalue weighted by Gasteiger charge is -2.37. The predicted molar refractivity (Wildman–Crippen MR) is 83.1 cm³/mol. The van der Waals surface area contributed by atoms with Crippen molar-refractivity contribution in [1.82, 2.24) is 4.31 Å². The fraction of sp³-hybridized carbons (Fsp3) is 0.625. The Hall–Kier alpha value is -1.02. The van der Waals surface area contributed by atoms with Gasteiger partial charge >= 0.3 is 0 Å². The third kappa shape index (κ3) is 3.28. The number of rotatable bonds is 4. The number of benzene rings is 1. The number of methoxy groups -OCH3 is 1. The minimum Gasteiger partial charge on any atom is -0.382 e. The standard InChI is InChI=1S/C16H22FNO4S/c1-21-11-13-10-16(12-22-13)6-8-18(9-7-16)23(19,20)15-5-3-2-4-14(15)17/h2-5,13H,6-12H2,1H3/t13-/m1/s1. The van der Waals surface area contributed by atoms with Gasteiger partial charge in [-0.25, -0.2) is 12.8 Å². The highest BCUT2D eigenvalue weighted by Crippen LogP contribution is 2.43. The van der Waals surface area contributed by atoms with Gasteiger partial charge in [0.2, 0.25) is 10.0 Å². The molecule has 1 aromatic rings. The number of piperidine rings is 1. The van der Waals surface area contributed by atoms with E-state index in [1.54, 1.807) is 13.2 Å². The molecule has 0 N–H and O–H groups in total. The van der Waals surface area contributed by atoms with Crippen LogP contribution in [-0.4, -0.2) is 52.2 Å². The van der Waals surface area contributed by atoms with Gasteiger partial charge in [0.25, 0.3) is 0 Å². The molecule has 5 nitrogen and oxygen atoms in total. The first-order chi connectivity index (χ1) is 11.0. The van der Waals surface area contributed by atoms with Crippen LogP contribution in [0.5, 0.6) is 0 Å². The molecule has 3 rings (SSSR count). The average Bonchev–Trinajstić information content (AvgIpc) is 2.91. The van der Waals surface area contributed by atoms with Crippen LogP contribution in [0.1, 0.15) is 19.3 Å². The molecule has 23 heavy (non-hydrogen) atoms. The summed E-state index contributed by atoms with van der Waals surface area (Å²) in [7, 11) is -2.12. The molecule has 1 atom stereocenters. The second-order valence-electron chi connectivity index (χ2n) is 6.43. The van der Waals surface area contributed by atoms with E-state index in [0.29, 0.717) is 26.3 Å². The molecule has 0 radical (unpaired) electrons. The van der Waals surface area contributed by atoms with E-state index in [1.807, 2.05) is 0 Å². The number of hydrogen-bond donors (Lipinski definition) is 0. The summed E-state index contributed by atoms with van der Waals surface area (Å²) in [4.78, 5) is -0.240. The van der Waals surface area contributed by atoms with Crippen LogP contribution in [0.2, 0.25) is 0 Å². The third-order valence-corrected chi connectivity index (χ3v) is 6.81. The highest BCUT2D eigenvalue weighted by atomic mass is 32.2. The number of hydrogen-bond acceptors (Lipinski definition) is 4. The predicted octanol–water partition coefficient (Wildman–Crippen LogP) is 2.03.